The van der Waals surface area contributed by atoms with Gasteiger partial charge in [0.05, 0.1) is 19.3 Å². The summed E-state index contributed by atoms with van der Waals surface area (Å²) >= 11 is 1.70. The lowest BCUT2D eigenvalue weighted by Gasteiger charge is -2.14. The van der Waals surface area contributed by atoms with Crippen LogP contribution in [-0.2, 0) is 16.1 Å². The molecule has 0 saturated heterocycles. The molecule has 0 aliphatic heterocycles. The molecule has 1 aromatic rings. The van der Waals surface area contributed by atoms with E-state index < -0.39 is 0 Å². The summed E-state index contributed by atoms with van der Waals surface area (Å²) < 4.78 is 10.9. The third-order valence-electron chi connectivity index (χ3n) is 1.79. The lowest BCUT2D eigenvalue weighted by Crippen LogP contribution is -2.28. The Kier molecular flexibility index (Phi) is 5.78. The van der Waals surface area contributed by atoms with Gasteiger partial charge in [0.15, 0.2) is 0 Å². The van der Waals surface area contributed by atoms with Crippen LogP contribution in [0.1, 0.15) is 11.8 Å². The van der Waals surface area contributed by atoms with Gasteiger partial charge in [-0.05, 0) is 18.4 Å². The van der Waals surface area contributed by atoms with Gasteiger partial charge in [0.25, 0.3) is 0 Å². The summed E-state index contributed by atoms with van der Waals surface area (Å²) in [6.45, 7) is 4.38. The van der Waals surface area contributed by atoms with Crippen molar-refractivity contribution in [2.45, 2.75) is 19.6 Å². The summed E-state index contributed by atoms with van der Waals surface area (Å²) in [5.41, 5.74) is 5.52. The second kappa shape index (κ2) is 6.95. The maximum Gasteiger partial charge on any atom is 0.0930 e. The van der Waals surface area contributed by atoms with E-state index in [1.165, 1.54) is 4.88 Å². The monoisotopic (exact) mass is 215 g/mol. The largest absolute Gasteiger partial charge is 0.375 e. The Morgan fingerprint density at radius 2 is 2.43 bits per heavy atom. The molecule has 2 N–H and O–H groups in total. The second-order valence-electron chi connectivity index (χ2n) is 2.91. The molecule has 3 nitrogen and oxygen atoms in total. The summed E-state index contributed by atoms with van der Waals surface area (Å²) in [6.07, 6.45) is 0.0277. The zero-order valence-corrected chi connectivity index (χ0v) is 9.26. The van der Waals surface area contributed by atoms with Gasteiger partial charge in [-0.2, -0.15) is 0 Å². The summed E-state index contributed by atoms with van der Waals surface area (Å²) in [5, 5.41) is 2.04. The van der Waals surface area contributed by atoms with Crippen LogP contribution >= 0.6 is 11.3 Å². The summed E-state index contributed by atoms with van der Waals surface area (Å²) in [7, 11) is 0. The smallest absolute Gasteiger partial charge is 0.0930 e. The van der Waals surface area contributed by atoms with Crippen molar-refractivity contribution in [1.29, 1.82) is 0 Å². The lowest BCUT2D eigenvalue weighted by molar-refractivity contribution is -0.0114. The highest BCUT2D eigenvalue weighted by Gasteiger charge is 2.05. The Balaban J connectivity index is 2.13. The number of hydrogen-bond acceptors (Lipinski definition) is 4. The molecular formula is C10H17NO2S. The summed E-state index contributed by atoms with van der Waals surface area (Å²) in [4.78, 5) is 1.23. The Morgan fingerprint density at radius 1 is 1.57 bits per heavy atom. The van der Waals surface area contributed by atoms with Crippen molar-refractivity contribution >= 4 is 11.3 Å². The second-order valence-corrected chi connectivity index (χ2v) is 3.94. The highest BCUT2D eigenvalue weighted by Crippen LogP contribution is 2.09. The first kappa shape index (κ1) is 11.7. The van der Waals surface area contributed by atoms with Gasteiger partial charge >= 0.3 is 0 Å². The van der Waals surface area contributed by atoms with Crippen molar-refractivity contribution in [1.82, 2.24) is 0 Å². The number of thiophene rings is 1. The highest BCUT2D eigenvalue weighted by molar-refractivity contribution is 7.09. The molecule has 0 spiro atoms. The van der Waals surface area contributed by atoms with E-state index in [1.54, 1.807) is 11.3 Å². The van der Waals surface area contributed by atoms with Gasteiger partial charge in [-0.25, -0.2) is 0 Å². The predicted octanol–water partition coefficient (Wildman–Crippen LogP) is 1.63. The molecule has 0 aromatic carbocycles. The summed E-state index contributed by atoms with van der Waals surface area (Å²) in [5.74, 6) is 0. The van der Waals surface area contributed by atoms with Crippen LogP contribution in [0.4, 0.5) is 0 Å². The third kappa shape index (κ3) is 4.19. The maximum atomic E-state index is 5.52. The van der Waals surface area contributed by atoms with E-state index in [2.05, 4.69) is 6.07 Å². The molecule has 1 aromatic heterocycles. The van der Waals surface area contributed by atoms with Crippen molar-refractivity contribution in [3.05, 3.63) is 22.4 Å². The van der Waals surface area contributed by atoms with Gasteiger partial charge in [0.1, 0.15) is 0 Å². The molecule has 0 bridgehead atoms. The van der Waals surface area contributed by atoms with Crippen LogP contribution in [-0.4, -0.2) is 25.9 Å². The van der Waals surface area contributed by atoms with Gasteiger partial charge < -0.3 is 15.2 Å². The van der Waals surface area contributed by atoms with Crippen molar-refractivity contribution in [2.75, 3.05) is 19.8 Å². The van der Waals surface area contributed by atoms with E-state index in [9.17, 15) is 0 Å². The van der Waals surface area contributed by atoms with Crippen LogP contribution in [0.3, 0.4) is 0 Å². The normalized spacial score (nSPS) is 13.0. The molecule has 14 heavy (non-hydrogen) atoms. The molecule has 0 radical (unpaired) electrons. The SMILES string of the molecule is CCOC(CN)COCc1cccs1. The molecule has 4 heteroatoms. The number of ether oxygens (including phenoxy) is 2. The first-order chi connectivity index (χ1) is 6.86. The zero-order valence-electron chi connectivity index (χ0n) is 8.44. The standard InChI is InChI=1S/C10H17NO2S/c1-2-13-9(6-11)7-12-8-10-4-3-5-14-10/h3-5,9H,2,6-8,11H2,1H3. The molecule has 0 aliphatic rings. The molecular weight excluding hydrogens is 198 g/mol. The minimum Gasteiger partial charge on any atom is -0.375 e. The molecule has 0 aliphatic carbocycles. The average Bonchev–Trinajstić information content (AvgIpc) is 2.69. The Bertz CT molecular complexity index is 226. The van der Waals surface area contributed by atoms with Crippen LogP contribution in [0.5, 0.6) is 0 Å². The van der Waals surface area contributed by atoms with Gasteiger partial charge in [-0.3, -0.25) is 0 Å². The fourth-order valence-electron chi connectivity index (χ4n) is 1.11. The molecule has 0 amide bonds. The molecule has 0 fully saturated rings. The van der Waals surface area contributed by atoms with Crippen molar-refractivity contribution in [3.63, 3.8) is 0 Å². The molecule has 1 unspecified atom stereocenters. The Hall–Kier alpha value is -0.420. The van der Waals surface area contributed by atoms with E-state index in [1.807, 2.05) is 18.4 Å². The van der Waals surface area contributed by atoms with Crippen molar-refractivity contribution in [2.24, 2.45) is 5.73 Å². The quantitative estimate of drug-likeness (QED) is 0.752. The van der Waals surface area contributed by atoms with Gasteiger partial charge in [-0.15, -0.1) is 11.3 Å². The van der Waals surface area contributed by atoms with Crippen molar-refractivity contribution < 1.29 is 9.47 Å². The van der Waals surface area contributed by atoms with Crippen LogP contribution in [0, 0.1) is 0 Å². The van der Waals surface area contributed by atoms with Gasteiger partial charge in [0.2, 0.25) is 0 Å². The van der Waals surface area contributed by atoms with E-state index in [-0.39, 0.29) is 6.10 Å². The van der Waals surface area contributed by atoms with Crippen LogP contribution in [0.25, 0.3) is 0 Å². The molecule has 1 rings (SSSR count). The Labute approximate surface area is 88.8 Å². The molecule has 1 atom stereocenters. The zero-order chi connectivity index (χ0) is 10.2. The number of nitrogens with two attached hydrogens (primary N) is 1. The average molecular weight is 215 g/mol. The van der Waals surface area contributed by atoms with Crippen LogP contribution in [0.2, 0.25) is 0 Å². The van der Waals surface area contributed by atoms with Crippen LogP contribution < -0.4 is 5.73 Å². The lowest BCUT2D eigenvalue weighted by atomic mass is 10.4. The third-order valence-corrected chi connectivity index (χ3v) is 2.64. The van der Waals surface area contributed by atoms with E-state index in [0.717, 1.165) is 0 Å². The molecule has 0 saturated carbocycles. The first-order valence-corrected chi connectivity index (χ1v) is 5.66. The fraction of sp³-hybridized carbons (Fsp3) is 0.600. The fourth-order valence-corrected chi connectivity index (χ4v) is 1.75. The number of hydrogen-bond donors (Lipinski definition) is 1. The highest BCUT2D eigenvalue weighted by atomic mass is 32.1. The molecule has 80 valence electrons. The minimum absolute atomic E-state index is 0.0277. The van der Waals surface area contributed by atoms with Gasteiger partial charge in [0, 0.05) is 18.0 Å². The van der Waals surface area contributed by atoms with E-state index in [4.69, 9.17) is 15.2 Å². The van der Waals surface area contributed by atoms with Crippen molar-refractivity contribution in [3.8, 4) is 0 Å². The topological polar surface area (TPSA) is 44.5 Å². The van der Waals surface area contributed by atoms with E-state index in [0.29, 0.717) is 26.4 Å². The summed E-state index contributed by atoms with van der Waals surface area (Å²) in [6, 6.07) is 4.08. The minimum atomic E-state index is 0.0277. The van der Waals surface area contributed by atoms with E-state index >= 15 is 0 Å². The maximum absolute atomic E-state index is 5.52. The predicted molar refractivity (Wildman–Crippen MR) is 58.4 cm³/mol. The Morgan fingerprint density at radius 3 is 3.00 bits per heavy atom. The van der Waals surface area contributed by atoms with Gasteiger partial charge in [-0.1, -0.05) is 6.07 Å². The number of rotatable bonds is 7. The first-order valence-electron chi connectivity index (χ1n) is 4.78. The molecule has 1 heterocycles. The van der Waals surface area contributed by atoms with Crippen LogP contribution in [0.15, 0.2) is 17.5 Å².